The van der Waals surface area contributed by atoms with E-state index in [4.69, 9.17) is 9.47 Å². The van der Waals surface area contributed by atoms with Crippen molar-refractivity contribution in [3.63, 3.8) is 0 Å². The standard InChI is InChI=1S/C25H41N3O4/c1-27(21-8-4-3-5-9-21)18-22(29)19-32-23-12-11-20(16-24(23)31-2)17-26-13-7-15-28-14-6-10-25(28)30/h11-12,16,21-22,26,29H,3-10,13-15,17-19H2,1-2H3/t22-/m1/s1. The van der Waals surface area contributed by atoms with E-state index in [0.29, 0.717) is 30.5 Å². The number of aliphatic hydroxyl groups is 1. The number of likely N-dealkylation sites (tertiary alicyclic amines) is 1. The Balaban J connectivity index is 1.37. The molecule has 180 valence electrons. The lowest BCUT2D eigenvalue weighted by atomic mass is 9.94. The summed E-state index contributed by atoms with van der Waals surface area (Å²) in [4.78, 5) is 15.9. The van der Waals surface area contributed by atoms with Crippen LogP contribution in [0.3, 0.4) is 0 Å². The SMILES string of the molecule is COc1cc(CNCCCN2CCCC2=O)ccc1OC[C@H](O)CN(C)C1CCCCC1. The molecule has 1 aliphatic heterocycles. The first-order chi connectivity index (χ1) is 15.6. The van der Waals surface area contributed by atoms with Crippen molar-refractivity contribution in [1.82, 2.24) is 15.1 Å². The van der Waals surface area contributed by atoms with Crippen molar-refractivity contribution in [1.29, 1.82) is 0 Å². The molecular weight excluding hydrogens is 406 g/mol. The molecule has 1 saturated heterocycles. The zero-order valence-corrected chi connectivity index (χ0v) is 19.9. The number of rotatable bonds is 13. The number of amides is 1. The second-order valence-electron chi connectivity index (χ2n) is 9.20. The van der Waals surface area contributed by atoms with Crippen LogP contribution in [0.15, 0.2) is 18.2 Å². The molecule has 1 saturated carbocycles. The topological polar surface area (TPSA) is 74.3 Å². The molecular formula is C25H41N3O4. The van der Waals surface area contributed by atoms with E-state index < -0.39 is 6.10 Å². The Morgan fingerprint density at radius 1 is 1.22 bits per heavy atom. The molecule has 0 spiro atoms. The van der Waals surface area contributed by atoms with Crippen LogP contribution < -0.4 is 14.8 Å². The van der Waals surface area contributed by atoms with Gasteiger partial charge in [-0.2, -0.15) is 0 Å². The maximum atomic E-state index is 11.6. The highest BCUT2D eigenvalue weighted by molar-refractivity contribution is 5.77. The number of nitrogens with one attached hydrogen (secondary N) is 1. The smallest absolute Gasteiger partial charge is 0.222 e. The van der Waals surface area contributed by atoms with Crippen molar-refractivity contribution < 1.29 is 19.4 Å². The lowest BCUT2D eigenvalue weighted by Gasteiger charge is -2.32. The summed E-state index contributed by atoms with van der Waals surface area (Å²) in [6.45, 7) is 4.21. The molecule has 1 aromatic carbocycles. The number of hydrogen-bond donors (Lipinski definition) is 2. The Labute approximate surface area is 193 Å². The monoisotopic (exact) mass is 447 g/mol. The summed E-state index contributed by atoms with van der Waals surface area (Å²) in [5.41, 5.74) is 1.11. The van der Waals surface area contributed by atoms with Gasteiger partial charge in [0.1, 0.15) is 12.7 Å². The minimum absolute atomic E-state index is 0.250. The predicted octanol–water partition coefficient (Wildman–Crippen LogP) is 2.80. The number of carbonyl (C=O) groups excluding carboxylic acids is 1. The number of likely N-dealkylation sites (N-methyl/N-ethyl adjacent to an activating group) is 1. The number of methoxy groups -OCH3 is 1. The van der Waals surface area contributed by atoms with Crippen LogP contribution in [0.4, 0.5) is 0 Å². The van der Waals surface area contributed by atoms with Gasteiger partial charge in [-0.3, -0.25) is 4.79 Å². The summed E-state index contributed by atoms with van der Waals surface area (Å²) in [6, 6.07) is 6.49. The highest BCUT2D eigenvalue weighted by atomic mass is 16.5. The molecule has 0 unspecified atom stereocenters. The Morgan fingerprint density at radius 2 is 2.03 bits per heavy atom. The van der Waals surface area contributed by atoms with Gasteiger partial charge >= 0.3 is 0 Å². The molecule has 7 nitrogen and oxygen atoms in total. The van der Waals surface area contributed by atoms with E-state index in [1.54, 1.807) is 7.11 Å². The first-order valence-corrected chi connectivity index (χ1v) is 12.2. The Bertz CT molecular complexity index is 708. The van der Waals surface area contributed by atoms with E-state index in [-0.39, 0.29) is 12.5 Å². The van der Waals surface area contributed by atoms with E-state index in [2.05, 4.69) is 17.3 Å². The molecule has 1 aliphatic carbocycles. The molecule has 1 heterocycles. The van der Waals surface area contributed by atoms with Gasteiger partial charge in [-0.15, -0.1) is 0 Å². The predicted molar refractivity (Wildman–Crippen MR) is 126 cm³/mol. The molecule has 0 radical (unpaired) electrons. The molecule has 2 aliphatic rings. The van der Waals surface area contributed by atoms with E-state index in [1.807, 2.05) is 23.1 Å². The summed E-state index contributed by atoms with van der Waals surface area (Å²) < 4.78 is 11.4. The van der Waals surface area contributed by atoms with Gasteiger partial charge in [0.15, 0.2) is 11.5 Å². The van der Waals surface area contributed by atoms with Crippen LogP contribution in [0.5, 0.6) is 11.5 Å². The van der Waals surface area contributed by atoms with Gasteiger partial charge in [0.05, 0.1) is 7.11 Å². The van der Waals surface area contributed by atoms with Crippen LogP contribution in [0.1, 0.15) is 56.9 Å². The van der Waals surface area contributed by atoms with Gasteiger partial charge in [-0.25, -0.2) is 0 Å². The van der Waals surface area contributed by atoms with Crippen LogP contribution >= 0.6 is 0 Å². The molecule has 1 aromatic rings. The minimum Gasteiger partial charge on any atom is -0.493 e. The summed E-state index contributed by atoms with van der Waals surface area (Å²) in [6.07, 6.45) is 8.49. The maximum Gasteiger partial charge on any atom is 0.222 e. The maximum absolute atomic E-state index is 11.6. The van der Waals surface area contributed by atoms with Crippen LogP contribution in [0, 0.1) is 0 Å². The van der Waals surface area contributed by atoms with E-state index in [1.165, 1.54) is 32.1 Å². The Hall–Kier alpha value is -1.83. The van der Waals surface area contributed by atoms with Gasteiger partial charge in [0.25, 0.3) is 0 Å². The first-order valence-electron chi connectivity index (χ1n) is 12.2. The van der Waals surface area contributed by atoms with Crippen LogP contribution in [0.2, 0.25) is 0 Å². The fourth-order valence-corrected chi connectivity index (χ4v) is 4.75. The van der Waals surface area contributed by atoms with Gasteiger partial charge in [0.2, 0.25) is 5.91 Å². The second kappa shape index (κ2) is 13.0. The highest BCUT2D eigenvalue weighted by Crippen LogP contribution is 2.28. The van der Waals surface area contributed by atoms with Crippen LogP contribution in [-0.2, 0) is 11.3 Å². The van der Waals surface area contributed by atoms with Gasteiger partial charge in [-0.05, 0) is 57.0 Å². The molecule has 2 N–H and O–H groups in total. The van der Waals surface area contributed by atoms with E-state index in [0.717, 1.165) is 44.6 Å². The minimum atomic E-state index is -0.532. The molecule has 1 atom stereocenters. The third kappa shape index (κ3) is 7.64. The third-order valence-electron chi connectivity index (χ3n) is 6.64. The van der Waals surface area contributed by atoms with Crippen LogP contribution in [-0.4, -0.2) is 79.9 Å². The van der Waals surface area contributed by atoms with E-state index in [9.17, 15) is 9.90 Å². The van der Waals surface area contributed by atoms with Crippen molar-refractivity contribution in [2.75, 3.05) is 46.9 Å². The third-order valence-corrected chi connectivity index (χ3v) is 6.64. The Kier molecular flexibility index (Phi) is 10.1. The number of benzene rings is 1. The molecule has 0 aromatic heterocycles. The molecule has 3 rings (SSSR count). The average molecular weight is 448 g/mol. The van der Waals surface area contributed by atoms with Crippen molar-refractivity contribution in [3.8, 4) is 11.5 Å². The number of nitrogens with zero attached hydrogens (tertiary/aromatic N) is 2. The summed E-state index contributed by atoms with van der Waals surface area (Å²) in [7, 11) is 3.74. The van der Waals surface area contributed by atoms with Crippen molar-refractivity contribution >= 4 is 5.91 Å². The lowest BCUT2D eigenvalue weighted by molar-refractivity contribution is -0.127. The normalized spacial score (nSPS) is 18.4. The van der Waals surface area contributed by atoms with Gasteiger partial charge in [-0.1, -0.05) is 25.3 Å². The lowest BCUT2D eigenvalue weighted by Crippen LogP contribution is -2.40. The quantitative estimate of drug-likeness (QED) is 0.453. The zero-order valence-electron chi connectivity index (χ0n) is 19.9. The number of aliphatic hydroxyl groups excluding tert-OH is 1. The zero-order chi connectivity index (χ0) is 22.8. The number of carbonyl (C=O) groups is 1. The number of ether oxygens (including phenoxy) is 2. The summed E-state index contributed by atoms with van der Waals surface area (Å²) in [5, 5.41) is 13.9. The summed E-state index contributed by atoms with van der Waals surface area (Å²) in [5.74, 6) is 1.62. The number of hydrogen-bond acceptors (Lipinski definition) is 6. The van der Waals surface area contributed by atoms with Crippen molar-refractivity contribution in [2.45, 2.75) is 70.1 Å². The molecule has 7 heteroatoms. The highest BCUT2D eigenvalue weighted by Gasteiger charge is 2.21. The largest absolute Gasteiger partial charge is 0.493 e. The van der Waals surface area contributed by atoms with E-state index >= 15 is 0 Å². The van der Waals surface area contributed by atoms with Gasteiger partial charge < -0.3 is 29.7 Å². The Morgan fingerprint density at radius 3 is 2.75 bits per heavy atom. The first kappa shape index (κ1) is 24.8. The van der Waals surface area contributed by atoms with Crippen molar-refractivity contribution in [2.24, 2.45) is 0 Å². The fraction of sp³-hybridized carbons (Fsp3) is 0.720. The molecule has 1 amide bonds. The molecule has 0 bridgehead atoms. The van der Waals surface area contributed by atoms with Crippen molar-refractivity contribution in [3.05, 3.63) is 23.8 Å². The fourth-order valence-electron chi connectivity index (χ4n) is 4.75. The molecule has 2 fully saturated rings. The molecule has 32 heavy (non-hydrogen) atoms. The average Bonchev–Trinajstić information content (AvgIpc) is 3.22. The summed E-state index contributed by atoms with van der Waals surface area (Å²) >= 11 is 0. The van der Waals surface area contributed by atoms with Crippen LogP contribution in [0.25, 0.3) is 0 Å². The second-order valence-corrected chi connectivity index (χ2v) is 9.20. The van der Waals surface area contributed by atoms with Gasteiger partial charge in [0, 0.05) is 38.6 Å².